The molecule has 0 amide bonds. The average molecular weight is 217 g/mol. The van der Waals surface area contributed by atoms with E-state index in [4.69, 9.17) is 11.6 Å². The molecule has 1 aliphatic carbocycles. The summed E-state index contributed by atoms with van der Waals surface area (Å²) < 4.78 is 25.8. The molecule has 14 heavy (non-hydrogen) atoms. The molecule has 0 saturated heterocycles. The van der Waals surface area contributed by atoms with Crippen LogP contribution in [0.1, 0.15) is 30.2 Å². The van der Waals surface area contributed by atoms with Gasteiger partial charge in [0.05, 0.1) is 5.38 Å². The zero-order chi connectivity index (χ0) is 10.1. The molecule has 3 heteroatoms. The van der Waals surface area contributed by atoms with Crippen molar-refractivity contribution in [2.24, 2.45) is 5.92 Å². The Morgan fingerprint density at radius 3 is 2.64 bits per heavy atom. The monoisotopic (exact) mass is 216 g/mol. The minimum Gasteiger partial charge on any atom is -0.207 e. The highest BCUT2D eigenvalue weighted by molar-refractivity contribution is 6.20. The van der Waals surface area contributed by atoms with Gasteiger partial charge in [-0.3, -0.25) is 0 Å². The standard InChI is InChI=1S/C11H11ClF2/c12-10(5-7-1-2-7)9-4-3-8(13)6-11(9)14/h3-4,6-7,10H,1-2,5H2. The van der Waals surface area contributed by atoms with Crippen molar-refractivity contribution >= 4 is 11.6 Å². The minimum atomic E-state index is -0.554. The molecule has 76 valence electrons. The fourth-order valence-corrected chi connectivity index (χ4v) is 1.96. The van der Waals surface area contributed by atoms with Crippen molar-refractivity contribution < 1.29 is 8.78 Å². The van der Waals surface area contributed by atoms with Crippen LogP contribution >= 0.6 is 11.6 Å². The number of rotatable bonds is 3. The molecule has 0 nitrogen and oxygen atoms in total. The van der Waals surface area contributed by atoms with Gasteiger partial charge in [0.25, 0.3) is 0 Å². The average Bonchev–Trinajstić information content (AvgIpc) is 2.87. The second-order valence-corrected chi connectivity index (χ2v) is 4.34. The number of benzene rings is 1. The summed E-state index contributed by atoms with van der Waals surface area (Å²) in [6.07, 6.45) is 3.17. The maximum Gasteiger partial charge on any atom is 0.130 e. The lowest BCUT2D eigenvalue weighted by Gasteiger charge is -2.09. The number of halogens is 3. The highest BCUT2D eigenvalue weighted by atomic mass is 35.5. The fourth-order valence-electron chi connectivity index (χ4n) is 1.53. The molecule has 1 fully saturated rings. The summed E-state index contributed by atoms with van der Waals surface area (Å²) in [5.41, 5.74) is 0.417. The van der Waals surface area contributed by atoms with Crippen LogP contribution in [-0.4, -0.2) is 0 Å². The Kier molecular flexibility index (Phi) is 2.73. The maximum atomic E-state index is 13.2. The molecule has 0 bridgehead atoms. The van der Waals surface area contributed by atoms with E-state index in [0.717, 1.165) is 12.5 Å². The van der Waals surface area contributed by atoms with Gasteiger partial charge in [0.1, 0.15) is 11.6 Å². The van der Waals surface area contributed by atoms with Gasteiger partial charge in [-0.2, -0.15) is 0 Å². The van der Waals surface area contributed by atoms with Gasteiger partial charge in [0.15, 0.2) is 0 Å². The third kappa shape index (κ3) is 2.24. The largest absolute Gasteiger partial charge is 0.207 e. The van der Waals surface area contributed by atoms with Crippen molar-refractivity contribution in [2.75, 3.05) is 0 Å². The number of hydrogen-bond acceptors (Lipinski definition) is 0. The summed E-state index contributed by atoms with van der Waals surface area (Å²) in [5.74, 6) is -0.450. The molecule has 2 rings (SSSR count). The van der Waals surface area contributed by atoms with Gasteiger partial charge >= 0.3 is 0 Å². The molecule has 1 aromatic carbocycles. The summed E-state index contributed by atoms with van der Waals surface area (Å²) in [6.45, 7) is 0. The van der Waals surface area contributed by atoms with E-state index in [9.17, 15) is 8.78 Å². The van der Waals surface area contributed by atoms with Crippen LogP contribution in [0.3, 0.4) is 0 Å². The number of alkyl halides is 1. The van der Waals surface area contributed by atoms with E-state index >= 15 is 0 Å². The first-order chi connectivity index (χ1) is 6.66. The van der Waals surface area contributed by atoms with Crippen molar-refractivity contribution in [3.8, 4) is 0 Å². The minimum absolute atomic E-state index is 0.317. The van der Waals surface area contributed by atoms with Crippen LogP contribution in [0.2, 0.25) is 0 Å². The normalized spacial score (nSPS) is 18.2. The number of hydrogen-bond donors (Lipinski definition) is 0. The lowest BCUT2D eigenvalue weighted by atomic mass is 10.1. The summed E-state index contributed by atoms with van der Waals surface area (Å²) in [4.78, 5) is 0. The van der Waals surface area contributed by atoms with Gasteiger partial charge in [-0.25, -0.2) is 8.78 Å². The highest BCUT2D eigenvalue weighted by Gasteiger charge is 2.26. The molecule has 1 atom stereocenters. The van der Waals surface area contributed by atoms with E-state index in [2.05, 4.69) is 0 Å². The Bertz CT molecular complexity index is 334. The topological polar surface area (TPSA) is 0 Å². The maximum absolute atomic E-state index is 13.2. The molecule has 1 saturated carbocycles. The Labute approximate surface area is 86.9 Å². The van der Waals surface area contributed by atoms with E-state index in [1.165, 1.54) is 25.0 Å². The zero-order valence-corrected chi connectivity index (χ0v) is 8.40. The van der Waals surface area contributed by atoms with E-state index in [0.29, 0.717) is 11.5 Å². The molecule has 0 N–H and O–H groups in total. The molecule has 1 aliphatic rings. The van der Waals surface area contributed by atoms with Crippen molar-refractivity contribution in [1.82, 2.24) is 0 Å². The van der Waals surface area contributed by atoms with Crippen LogP contribution in [-0.2, 0) is 0 Å². The summed E-state index contributed by atoms with van der Waals surface area (Å²) in [6, 6.07) is 3.57. The van der Waals surface area contributed by atoms with Gasteiger partial charge in [0.2, 0.25) is 0 Å². The second-order valence-electron chi connectivity index (χ2n) is 3.81. The van der Waals surface area contributed by atoms with Crippen molar-refractivity contribution in [1.29, 1.82) is 0 Å². The van der Waals surface area contributed by atoms with Crippen LogP contribution < -0.4 is 0 Å². The van der Waals surface area contributed by atoms with Crippen LogP contribution in [0.15, 0.2) is 18.2 Å². The molecule has 0 aromatic heterocycles. The predicted octanol–water partition coefficient (Wildman–Crippen LogP) is 4.04. The van der Waals surface area contributed by atoms with Crippen LogP contribution in [0, 0.1) is 17.6 Å². The molecule has 1 aromatic rings. The Morgan fingerprint density at radius 1 is 1.36 bits per heavy atom. The SMILES string of the molecule is Fc1ccc(C(Cl)CC2CC2)c(F)c1. The second kappa shape index (κ2) is 3.85. The molecular weight excluding hydrogens is 206 g/mol. The van der Waals surface area contributed by atoms with E-state index in [1.54, 1.807) is 0 Å². The van der Waals surface area contributed by atoms with Gasteiger partial charge in [-0.05, 0) is 18.4 Å². The predicted molar refractivity (Wildman–Crippen MR) is 52.3 cm³/mol. The van der Waals surface area contributed by atoms with Gasteiger partial charge in [-0.1, -0.05) is 18.9 Å². The molecule has 0 aliphatic heterocycles. The Hall–Kier alpha value is -0.630. The summed E-state index contributed by atoms with van der Waals surface area (Å²) >= 11 is 6.04. The fraction of sp³-hybridized carbons (Fsp3) is 0.455. The highest BCUT2D eigenvalue weighted by Crippen LogP contribution is 2.40. The quantitative estimate of drug-likeness (QED) is 0.669. The summed E-state index contributed by atoms with van der Waals surface area (Å²) in [5, 5.41) is -0.317. The first kappa shape index (κ1) is 9.91. The lowest BCUT2D eigenvalue weighted by molar-refractivity contribution is 0.562. The Morgan fingerprint density at radius 2 is 2.07 bits per heavy atom. The molecule has 0 heterocycles. The smallest absolute Gasteiger partial charge is 0.130 e. The first-order valence-electron chi connectivity index (χ1n) is 4.76. The van der Waals surface area contributed by atoms with E-state index in [1.807, 2.05) is 0 Å². The van der Waals surface area contributed by atoms with Gasteiger partial charge in [-0.15, -0.1) is 11.6 Å². The van der Waals surface area contributed by atoms with Gasteiger partial charge in [0, 0.05) is 11.6 Å². The van der Waals surface area contributed by atoms with E-state index < -0.39 is 11.6 Å². The molecule has 1 unspecified atom stereocenters. The first-order valence-corrected chi connectivity index (χ1v) is 5.19. The molecular formula is C11H11ClF2. The molecule has 0 spiro atoms. The van der Waals surface area contributed by atoms with Crippen molar-refractivity contribution in [3.63, 3.8) is 0 Å². The van der Waals surface area contributed by atoms with Crippen molar-refractivity contribution in [3.05, 3.63) is 35.4 Å². The van der Waals surface area contributed by atoms with Crippen LogP contribution in [0.4, 0.5) is 8.78 Å². The third-order valence-electron chi connectivity index (χ3n) is 2.54. The lowest BCUT2D eigenvalue weighted by Crippen LogP contribution is -1.96. The Balaban J connectivity index is 2.13. The van der Waals surface area contributed by atoms with E-state index in [-0.39, 0.29) is 5.38 Å². The van der Waals surface area contributed by atoms with Crippen molar-refractivity contribution in [2.45, 2.75) is 24.6 Å². The zero-order valence-electron chi connectivity index (χ0n) is 7.64. The summed E-state index contributed by atoms with van der Waals surface area (Å²) in [7, 11) is 0. The third-order valence-corrected chi connectivity index (χ3v) is 2.95. The molecule has 0 radical (unpaired) electrons. The van der Waals surface area contributed by atoms with Crippen LogP contribution in [0.25, 0.3) is 0 Å². The van der Waals surface area contributed by atoms with Gasteiger partial charge < -0.3 is 0 Å². The van der Waals surface area contributed by atoms with Crippen LogP contribution in [0.5, 0.6) is 0 Å².